The number of benzene rings is 1. The number of nitrogens with two attached hydrogens (primary N) is 1. The van der Waals surface area contributed by atoms with E-state index >= 15 is 0 Å². The van der Waals surface area contributed by atoms with Gasteiger partial charge in [0.1, 0.15) is 0 Å². The lowest BCUT2D eigenvalue weighted by Gasteiger charge is -2.22. The molecule has 1 aromatic carbocycles. The highest BCUT2D eigenvalue weighted by Crippen LogP contribution is 2.35. The first-order chi connectivity index (χ1) is 7.81. The van der Waals surface area contributed by atoms with Crippen LogP contribution in [0.5, 0.6) is 5.75 Å². The van der Waals surface area contributed by atoms with Crippen molar-refractivity contribution in [3.63, 3.8) is 0 Å². The molecule has 0 aliphatic rings. The standard InChI is InChI=1S/C12H20N2O2S/c1-12(2,3)8-6-9(13)11(16-5)10(7-8)17(15)14-4/h6-7,14H,13H2,1-5H3. The van der Waals surface area contributed by atoms with Gasteiger partial charge in [-0.25, -0.2) is 0 Å². The summed E-state index contributed by atoms with van der Waals surface area (Å²) in [5.74, 6) is 0.477. The van der Waals surface area contributed by atoms with Crippen molar-refractivity contribution in [1.29, 1.82) is 0 Å². The molecule has 0 radical (unpaired) electrons. The first-order valence-electron chi connectivity index (χ1n) is 5.38. The van der Waals surface area contributed by atoms with Crippen LogP contribution in [0.2, 0.25) is 0 Å². The zero-order valence-corrected chi connectivity index (χ0v) is 11.8. The van der Waals surface area contributed by atoms with Gasteiger partial charge in [-0.05, 0) is 17.0 Å². The number of hydrogen-bond donors (Lipinski definition) is 2. The summed E-state index contributed by atoms with van der Waals surface area (Å²) in [4.78, 5) is 0.583. The van der Waals surface area contributed by atoms with Gasteiger partial charge in [0.15, 0.2) is 5.75 Å². The third-order valence-corrected chi connectivity index (χ3v) is 3.61. The molecule has 0 aliphatic heterocycles. The number of nitrogen functional groups attached to an aromatic ring is 1. The van der Waals surface area contributed by atoms with E-state index in [-0.39, 0.29) is 5.41 Å². The van der Waals surface area contributed by atoms with Crippen molar-refractivity contribution in [2.45, 2.75) is 31.1 Å². The van der Waals surface area contributed by atoms with Crippen LogP contribution in [-0.4, -0.2) is 18.7 Å². The average molecular weight is 256 g/mol. The summed E-state index contributed by atoms with van der Waals surface area (Å²) in [6.07, 6.45) is 0. The number of ether oxygens (including phenoxy) is 1. The van der Waals surface area contributed by atoms with Crippen molar-refractivity contribution in [1.82, 2.24) is 4.72 Å². The van der Waals surface area contributed by atoms with E-state index in [1.165, 1.54) is 7.11 Å². The van der Waals surface area contributed by atoms with Gasteiger partial charge in [-0.3, -0.25) is 0 Å². The Labute approximate surface area is 106 Å². The zero-order chi connectivity index (χ0) is 13.2. The second-order valence-corrected chi connectivity index (χ2v) is 6.21. The molecule has 1 aromatic rings. The van der Waals surface area contributed by atoms with E-state index in [9.17, 15) is 4.55 Å². The molecule has 3 N–H and O–H groups in total. The summed E-state index contributed by atoms with van der Waals surface area (Å²) in [7, 11) is 3.16. The lowest BCUT2D eigenvalue weighted by molar-refractivity contribution is 0.404. The minimum absolute atomic E-state index is 0.0485. The van der Waals surface area contributed by atoms with Gasteiger partial charge in [-0.2, -0.15) is 0 Å². The van der Waals surface area contributed by atoms with E-state index < -0.39 is 11.4 Å². The molecule has 0 heterocycles. The van der Waals surface area contributed by atoms with Gasteiger partial charge in [0.2, 0.25) is 4.90 Å². The van der Waals surface area contributed by atoms with Crippen LogP contribution in [0.15, 0.2) is 17.0 Å². The summed E-state index contributed by atoms with van der Waals surface area (Å²) in [5, 5.41) is 0. The Morgan fingerprint density at radius 2 is 1.94 bits per heavy atom. The van der Waals surface area contributed by atoms with Crippen molar-refractivity contribution in [2.24, 2.45) is 0 Å². The molecule has 0 bridgehead atoms. The topological polar surface area (TPSA) is 70.3 Å². The molecule has 5 heteroatoms. The Kier molecular flexibility index (Phi) is 4.30. The van der Waals surface area contributed by atoms with Gasteiger partial charge in [-0.15, -0.1) is 4.72 Å². The van der Waals surface area contributed by atoms with Gasteiger partial charge < -0.3 is 15.0 Å². The molecule has 4 nitrogen and oxygen atoms in total. The first kappa shape index (κ1) is 14.2. The Hall–Kier alpha value is -0.910. The summed E-state index contributed by atoms with van der Waals surface area (Å²) in [6.45, 7) is 6.25. The maximum Gasteiger partial charge on any atom is 0.218 e. The third-order valence-electron chi connectivity index (χ3n) is 2.54. The van der Waals surface area contributed by atoms with E-state index in [0.717, 1.165) is 5.56 Å². The first-order valence-corrected chi connectivity index (χ1v) is 6.53. The molecule has 96 valence electrons. The largest absolute Gasteiger partial charge is 0.593 e. The minimum atomic E-state index is -1.31. The maximum atomic E-state index is 11.9. The summed E-state index contributed by atoms with van der Waals surface area (Å²) >= 11 is -1.31. The highest BCUT2D eigenvalue weighted by atomic mass is 32.2. The van der Waals surface area contributed by atoms with E-state index in [1.54, 1.807) is 7.05 Å². The van der Waals surface area contributed by atoms with Crippen LogP contribution in [0.25, 0.3) is 0 Å². The quantitative estimate of drug-likeness (QED) is 0.639. The van der Waals surface area contributed by atoms with E-state index in [2.05, 4.69) is 25.5 Å². The molecule has 0 spiro atoms. The minimum Gasteiger partial charge on any atom is -0.593 e. The van der Waals surface area contributed by atoms with Crippen molar-refractivity contribution < 1.29 is 9.29 Å². The third kappa shape index (κ3) is 3.06. The Bertz CT molecular complexity index is 402. The molecule has 1 rings (SSSR count). The maximum absolute atomic E-state index is 11.9. The van der Waals surface area contributed by atoms with Crippen LogP contribution in [0.3, 0.4) is 0 Å². The van der Waals surface area contributed by atoms with Crippen molar-refractivity contribution in [3.8, 4) is 5.75 Å². The lowest BCUT2D eigenvalue weighted by Crippen LogP contribution is -2.21. The fourth-order valence-electron chi connectivity index (χ4n) is 1.52. The predicted molar refractivity (Wildman–Crippen MR) is 71.6 cm³/mol. The average Bonchev–Trinajstić information content (AvgIpc) is 2.25. The molecule has 0 saturated carbocycles. The number of nitrogens with one attached hydrogen (secondary N) is 1. The normalized spacial score (nSPS) is 13.5. The van der Waals surface area contributed by atoms with E-state index in [1.807, 2.05) is 12.1 Å². The van der Waals surface area contributed by atoms with Crippen LogP contribution < -0.4 is 15.2 Å². The monoisotopic (exact) mass is 256 g/mol. The number of hydrogen-bond acceptors (Lipinski definition) is 4. The lowest BCUT2D eigenvalue weighted by atomic mass is 9.87. The highest BCUT2D eigenvalue weighted by molar-refractivity contribution is 7.89. The van der Waals surface area contributed by atoms with Crippen LogP contribution >= 0.6 is 0 Å². The van der Waals surface area contributed by atoms with Gasteiger partial charge in [-0.1, -0.05) is 20.8 Å². The van der Waals surface area contributed by atoms with Crippen molar-refractivity contribution in [2.75, 3.05) is 19.9 Å². The molecule has 0 fully saturated rings. The van der Waals surface area contributed by atoms with Gasteiger partial charge in [0.25, 0.3) is 0 Å². The van der Waals surface area contributed by atoms with Gasteiger partial charge in [0, 0.05) is 13.1 Å². The van der Waals surface area contributed by atoms with Crippen LogP contribution in [0.1, 0.15) is 26.3 Å². The van der Waals surface area contributed by atoms with Crippen molar-refractivity contribution in [3.05, 3.63) is 17.7 Å². The van der Waals surface area contributed by atoms with Gasteiger partial charge >= 0.3 is 0 Å². The zero-order valence-electron chi connectivity index (χ0n) is 11.0. The second kappa shape index (κ2) is 5.16. The van der Waals surface area contributed by atoms with Crippen LogP contribution in [0.4, 0.5) is 5.69 Å². The second-order valence-electron chi connectivity index (χ2n) is 4.82. The molecular weight excluding hydrogens is 236 g/mol. The smallest absolute Gasteiger partial charge is 0.218 e. The highest BCUT2D eigenvalue weighted by Gasteiger charge is 2.24. The molecule has 17 heavy (non-hydrogen) atoms. The molecule has 0 aromatic heterocycles. The molecular formula is C12H20N2O2S. The predicted octanol–water partition coefficient (Wildman–Crippen LogP) is 1.82. The molecule has 1 unspecified atom stereocenters. The van der Waals surface area contributed by atoms with E-state index in [4.69, 9.17) is 10.5 Å². The Morgan fingerprint density at radius 3 is 2.35 bits per heavy atom. The Morgan fingerprint density at radius 1 is 1.35 bits per heavy atom. The number of methoxy groups -OCH3 is 1. The molecule has 0 amide bonds. The summed E-state index contributed by atoms with van der Waals surface area (Å²) in [5.41, 5.74) is 7.44. The van der Waals surface area contributed by atoms with Gasteiger partial charge in [0.05, 0.1) is 24.2 Å². The van der Waals surface area contributed by atoms with Crippen molar-refractivity contribution >= 4 is 17.0 Å². The fraction of sp³-hybridized carbons (Fsp3) is 0.500. The Balaban J connectivity index is 3.39. The van der Waals surface area contributed by atoms with Crippen LogP contribution in [-0.2, 0) is 16.8 Å². The summed E-state index contributed by atoms with van der Waals surface area (Å²) in [6, 6.07) is 3.75. The number of rotatable bonds is 3. The fourth-order valence-corrected chi connectivity index (χ4v) is 2.35. The molecule has 0 aliphatic carbocycles. The van der Waals surface area contributed by atoms with Crippen LogP contribution in [0, 0.1) is 0 Å². The summed E-state index contributed by atoms with van der Waals surface area (Å²) < 4.78 is 19.8. The van der Waals surface area contributed by atoms with E-state index in [0.29, 0.717) is 16.3 Å². The molecule has 1 atom stereocenters. The molecule has 0 saturated heterocycles. The SMILES string of the molecule is CN[S+]([O-])c1cc(C(C)(C)C)cc(N)c1OC. The number of anilines is 1.